The molecule has 4 aliphatic heterocycles. The van der Waals surface area contributed by atoms with Crippen LogP contribution in [0.5, 0.6) is 0 Å². The number of aliphatic carboxylic acids is 6. The average Bonchev–Trinajstić information content (AvgIpc) is 0.752. The van der Waals surface area contributed by atoms with Gasteiger partial charge in [0.05, 0.1) is 70.2 Å². The minimum Gasteiger partial charge on any atom is -0.481 e. The van der Waals surface area contributed by atoms with Gasteiger partial charge in [0.2, 0.25) is 76.8 Å². The van der Waals surface area contributed by atoms with Crippen LogP contribution < -0.4 is 69.1 Å². The van der Waals surface area contributed by atoms with Crippen molar-refractivity contribution in [2.24, 2.45) is 11.8 Å². The largest absolute Gasteiger partial charge is 0.481 e. The molecule has 13 amide bonds. The van der Waals surface area contributed by atoms with Crippen LogP contribution >= 0.6 is 0 Å². The third kappa shape index (κ3) is 35.3. The van der Waals surface area contributed by atoms with Gasteiger partial charge in [-0.2, -0.15) is 0 Å². The SMILES string of the molecule is CC(=O)NCC(=O)N[C@@H](CC(=O)N[C@@H]1O[C@H](CO)[C@@H](O[C@@H]2O[C@H](CO)[C@H](O)[C@H](O[C@]3(C(=O)O)C[C@H](O)[C@@H](NC(C)=O)[C@H]([C@H](O)[C@H](O)CO)O3)[C@H]2O)[C@H](O[C@@H]2O[C@@H](C)[C@@H](O)[C@@H](O)[C@@H]2O)[C@H]1NC(C)=O)C(=O)N[C@@H](CC(C)C)C(=O)N[C@H](C(=O)N[C@@H](CCC(=O)O)C(=O)N[C@@H](CC(C)C)C(=O)N[C@@H](CCC(=O)O)C(=O)N[C@@H](CO)C(=O)N[C@@H](CCC(=O)O)C(=O)N[C@@H](CC(=O)O)C(=O)O)[C@@H](C)O. The number of ether oxygens (including phenoxy) is 7. The fourth-order valence-electron chi connectivity index (χ4n) is 14.3. The molecule has 0 aromatic rings. The summed E-state index contributed by atoms with van der Waals surface area (Å²) in [5.74, 6) is -31.8. The van der Waals surface area contributed by atoms with Crippen LogP contribution in [-0.4, -0.2) is 431 Å². The Morgan fingerprint density at radius 2 is 0.867 bits per heavy atom. The lowest BCUT2D eigenvalue weighted by molar-refractivity contribution is -0.386. The van der Waals surface area contributed by atoms with Crippen molar-refractivity contribution in [3.05, 3.63) is 0 Å². The fourth-order valence-corrected chi connectivity index (χ4v) is 14.3. The molecule has 0 aromatic heterocycles. The van der Waals surface area contributed by atoms with Gasteiger partial charge >= 0.3 is 35.8 Å². The van der Waals surface area contributed by atoms with Gasteiger partial charge in [0.1, 0.15) is 140 Å². The minimum atomic E-state index is -3.35. The first-order chi connectivity index (χ1) is 62.9. The summed E-state index contributed by atoms with van der Waals surface area (Å²) in [5, 5.41) is 229. The number of hydrogen-bond donors (Lipinski definition) is 32. The van der Waals surface area contributed by atoms with Gasteiger partial charge in [0.15, 0.2) is 18.8 Å². The maximum absolute atomic E-state index is 14.8. The number of carboxylic acids is 6. The fraction of sp³-hybridized carbons (Fsp3) is 0.753. The summed E-state index contributed by atoms with van der Waals surface area (Å²) in [6, 6.07) is -22.3. The van der Waals surface area contributed by atoms with Crippen molar-refractivity contribution >= 4 is 113 Å². The van der Waals surface area contributed by atoms with E-state index in [0.717, 1.165) is 27.7 Å². The lowest BCUT2D eigenvalue weighted by Crippen LogP contribution is -2.72. The zero-order chi connectivity index (χ0) is 102. The summed E-state index contributed by atoms with van der Waals surface area (Å²) in [5.41, 5.74) is 0. The molecular weight excluding hydrogens is 1830 g/mol. The molecule has 58 nitrogen and oxygen atoms in total. The Kier molecular flexibility index (Phi) is 46.7. The van der Waals surface area contributed by atoms with Crippen molar-refractivity contribution in [2.75, 3.05) is 33.0 Å². The molecule has 4 fully saturated rings. The number of aliphatic hydroxyl groups excluding tert-OH is 13. The molecule has 4 rings (SSSR count). The van der Waals surface area contributed by atoms with Gasteiger partial charge in [-0.05, 0) is 57.8 Å². The molecule has 0 aromatic carbocycles. The van der Waals surface area contributed by atoms with Crippen molar-refractivity contribution in [3.63, 3.8) is 0 Å². The molecule has 135 heavy (non-hydrogen) atoms. The Labute approximate surface area is 767 Å². The van der Waals surface area contributed by atoms with Gasteiger partial charge < -0.3 is 199 Å². The molecule has 58 heteroatoms. The summed E-state index contributed by atoms with van der Waals surface area (Å²) in [6.07, 6.45) is -51.1. The van der Waals surface area contributed by atoms with E-state index in [1.807, 2.05) is 16.0 Å². The van der Waals surface area contributed by atoms with Crippen molar-refractivity contribution in [3.8, 4) is 0 Å². The Morgan fingerprint density at radius 1 is 0.422 bits per heavy atom. The average molecular weight is 1950 g/mol. The van der Waals surface area contributed by atoms with Gasteiger partial charge in [0, 0.05) is 46.5 Å². The van der Waals surface area contributed by atoms with E-state index in [-0.39, 0.29) is 6.42 Å². The minimum absolute atomic E-state index is 0.387. The molecule has 4 saturated heterocycles. The summed E-state index contributed by atoms with van der Waals surface area (Å²) in [7, 11) is 0. The van der Waals surface area contributed by atoms with Gasteiger partial charge in [-0.25, -0.2) is 9.59 Å². The van der Waals surface area contributed by atoms with E-state index >= 15 is 0 Å². The van der Waals surface area contributed by atoms with Crippen molar-refractivity contribution in [2.45, 2.75) is 322 Å². The van der Waals surface area contributed by atoms with E-state index in [9.17, 15) is 183 Å². The second kappa shape index (κ2) is 54.2. The molecule has 0 radical (unpaired) electrons. The van der Waals surface area contributed by atoms with Crippen LogP contribution in [0.25, 0.3) is 0 Å². The highest BCUT2D eigenvalue weighted by atomic mass is 16.8. The molecule has 4 aliphatic rings. The maximum atomic E-state index is 14.8. The topological polar surface area (TPSA) is 930 Å². The number of rotatable bonds is 54. The lowest BCUT2D eigenvalue weighted by atomic mass is 9.88. The highest BCUT2D eigenvalue weighted by molar-refractivity contribution is 6.00. The Hall–Kier alpha value is -10.9. The van der Waals surface area contributed by atoms with E-state index in [2.05, 4.69) is 53.2 Å². The third-order valence-electron chi connectivity index (χ3n) is 21.2. The number of nitrogens with one attached hydrogen (secondary N) is 13. The molecule has 0 unspecified atom stereocenters. The zero-order valence-electron chi connectivity index (χ0n) is 74.4. The first-order valence-corrected chi connectivity index (χ1v) is 42.3. The summed E-state index contributed by atoms with van der Waals surface area (Å²) in [4.78, 5) is 251. The number of aliphatic hydroxyl groups is 13. The maximum Gasteiger partial charge on any atom is 0.364 e. The summed E-state index contributed by atoms with van der Waals surface area (Å²) < 4.78 is 41.5. The number of carboxylic acid groups (broad SMARTS) is 6. The van der Waals surface area contributed by atoms with Crippen LogP contribution in [0, 0.1) is 11.8 Å². The van der Waals surface area contributed by atoms with Gasteiger partial charge in [-0.3, -0.25) is 81.5 Å². The quantitative estimate of drug-likeness (QED) is 0.0269. The van der Waals surface area contributed by atoms with Crippen LogP contribution in [0.15, 0.2) is 0 Å². The number of carbonyl (C=O) groups is 19. The molecule has 766 valence electrons. The van der Waals surface area contributed by atoms with E-state index in [1.54, 1.807) is 0 Å². The van der Waals surface area contributed by atoms with E-state index in [0.29, 0.717) is 0 Å². The molecular formula is C77H123N13O45. The Bertz CT molecular complexity index is 4120. The standard InChI is InChI=1S/C77H123N13O45/c1-26(2)16-36(67(120)82-34(11-14-48(105)106)66(119)88-40(22-91)70(123)83-33(10-13-47(103)104)65(118)87-39(73(125)126)19-50(109)110)85-64(117)35(12-15-49(107)108)84-71(124)51(28(5)95)90-69(122)37(17-27(3)4)86-68(121)38(81-46(102)21-78-30(7)96)18-45(101)89-72-53(80-32(9)98)62(133-74-58(115)57(114)54(111)29(6)129-74)60(44(25-94)130-72)132-75-59(116)63(56(113)43(24-93)131-75)135-77(76(127)128)20-41(99)52(79-31(8)97)61(134-77)55(112)42(100)23-92/h26-29,33-44,51-63,72,74-75,91-95,99-100,111-116H,10-25H2,1-9H3,(H,78,96)(H,79,97)(H,80,98)(H,81,102)(H,82,120)(H,83,123)(H,84,124)(H,85,117)(H,86,121)(H,87,118)(H,88,119)(H,89,101)(H,90,122)(H,103,104)(H,105,106)(H,107,108)(H,109,110)(H,125,126)(H,127,128)/t28-,29+,33+,34+,35+,36+,37+,38+,39+,40+,41+,42-,43-,44-,51+,52-,53-,54-,55-,56+,57-,58+,59-,60-,61-,62-,63+,72-,74+,75+,77+/m1/s1. The first kappa shape index (κ1) is 116. The predicted molar refractivity (Wildman–Crippen MR) is 438 cm³/mol. The van der Waals surface area contributed by atoms with Crippen LogP contribution in [0.1, 0.15) is 133 Å². The summed E-state index contributed by atoms with van der Waals surface area (Å²) >= 11 is 0. The van der Waals surface area contributed by atoms with Crippen LogP contribution in [0.4, 0.5) is 0 Å². The molecule has 0 bridgehead atoms. The number of carbonyl (C=O) groups excluding carboxylic acids is 13. The van der Waals surface area contributed by atoms with Gasteiger partial charge in [0.25, 0.3) is 5.79 Å². The van der Waals surface area contributed by atoms with Crippen LogP contribution in [0.3, 0.4) is 0 Å². The number of hydrogen-bond acceptors (Lipinski definition) is 39. The molecule has 0 saturated carbocycles. The smallest absolute Gasteiger partial charge is 0.364 e. The second-order valence-electron chi connectivity index (χ2n) is 33.2. The van der Waals surface area contributed by atoms with Crippen LogP contribution in [0.2, 0.25) is 0 Å². The van der Waals surface area contributed by atoms with Crippen LogP contribution in [-0.2, 0) is 124 Å². The monoisotopic (exact) mass is 1950 g/mol. The highest BCUT2D eigenvalue weighted by Gasteiger charge is 2.61. The van der Waals surface area contributed by atoms with E-state index < -0.39 is 410 Å². The first-order valence-electron chi connectivity index (χ1n) is 42.3. The van der Waals surface area contributed by atoms with Crippen molar-refractivity contribution < 1.29 is 221 Å². The lowest BCUT2D eigenvalue weighted by Gasteiger charge is -2.52. The molecule has 0 aliphatic carbocycles. The van der Waals surface area contributed by atoms with Gasteiger partial charge in [-0.15, -0.1) is 0 Å². The van der Waals surface area contributed by atoms with Crippen molar-refractivity contribution in [1.82, 2.24) is 69.1 Å². The Balaban J connectivity index is 1.73. The normalized spacial score (nSPS) is 27.7. The number of amides is 13. The molecule has 31 atom stereocenters. The molecule has 4 heterocycles. The van der Waals surface area contributed by atoms with E-state index in [1.165, 1.54) is 34.6 Å². The second-order valence-corrected chi connectivity index (χ2v) is 33.2. The third-order valence-corrected chi connectivity index (χ3v) is 21.2. The highest BCUT2D eigenvalue weighted by Crippen LogP contribution is 2.40. The Morgan fingerprint density at radius 3 is 1.31 bits per heavy atom. The molecule has 0 spiro atoms. The predicted octanol–water partition coefficient (Wildman–Crippen LogP) is -15.6. The molecule has 32 N–H and O–H groups in total. The summed E-state index contributed by atoms with van der Waals surface area (Å²) in [6.45, 7) is 4.82. The zero-order valence-corrected chi connectivity index (χ0v) is 74.4. The van der Waals surface area contributed by atoms with Gasteiger partial charge in [-0.1, -0.05) is 27.7 Å². The van der Waals surface area contributed by atoms with Crippen molar-refractivity contribution in [1.29, 1.82) is 0 Å². The van der Waals surface area contributed by atoms with E-state index in [4.69, 9.17) is 38.3 Å².